The van der Waals surface area contributed by atoms with Crippen LogP contribution in [0.1, 0.15) is 29.2 Å². The Morgan fingerprint density at radius 3 is 2.61 bits per heavy atom. The van der Waals surface area contributed by atoms with Crippen LogP contribution in [0.25, 0.3) is 11.1 Å². The van der Waals surface area contributed by atoms with Gasteiger partial charge in [-0.05, 0) is 47.2 Å². The molecule has 0 saturated carbocycles. The number of rotatable bonds is 3. The zero-order chi connectivity index (χ0) is 12.5. The van der Waals surface area contributed by atoms with Gasteiger partial charge in [0.05, 0.1) is 0 Å². The van der Waals surface area contributed by atoms with Crippen LogP contribution in [0.4, 0.5) is 0 Å². The van der Waals surface area contributed by atoms with Crippen LogP contribution in [0.15, 0.2) is 42.5 Å². The van der Waals surface area contributed by atoms with Gasteiger partial charge in [-0.15, -0.1) is 0 Å². The molecule has 0 fully saturated rings. The Kier molecular flexibility index (Phi) is 2.90. The van der Waals surface area contributed by atoms with Gasteiger partial charge < -0.3 is 11.5 Å². The van der Waals surface area contributed by atoms with Crippen LogP contribution >= 0.6 is 0 Å². The molecule has 1 aliphatic carbocycles. The van der Waals surface area contributed by atoms with E-state index in [9.17, 15) is 0 Å². The second-order valence-corrected chi connectivity index (χ2v) is 4.93. The van der Waals surface area contributed by atoms with Crippen LogP contribution in [-0.4, -0.2) is 6.54 Å². The molecule has 0 bridgehead atoms. The SMILES string of the molecule is NCC[C@H](N)c1ccc2c(c1)Cc1ccccc1-2. The molecular formula is C16H18N2. The molecule has 0 aliphatic heterocycles. The van der Waals surface area contributed by atoms with E-state index in [1.165, 1.54) is 27.8 Å². The van der Waals surface area contributed by atoms with Gasteiger partial charge in [0.1, 0.15) is 0 Å². The molecule has 0 radical (unpaired) electrons. The van der Waals surface area contributed by atoms with Crippen LogP contribution in [-0.2, 0) is 6.42 Å². The molecule has 3 rings (SSSR count). The van der Waals surface area contributed by atoms with Crippen molar-refractivity contribution in [1.29, 1.82) is 0 Å². The van der Waals surface area contributed by atoms with Gasteiger partial charge in [0, 0.05) is 6.04 Å². The Morgan fingerprint density at radius 2 is 1.78 bits per heavy atom. The predicted molar refractivity (Wildman–Crippen MR) is 75.3 cm³/mol. The van der Waals surface area contributed by atoms with E-state index < -0.39 is 0 Å². The van der Waals surface area contributed by atoms with Crippen molar-refractivity contribution in [2.45, 2.75) is 18.9 Å². The summed E-state index contributed by atoms with van der Waals surface area (Å²) in [6.45, 7) is 0.637. The highest BCUT2D eigenvalue weighted by Gasteiger charge is 2.18. The average Bonchev–Trinajstić information content (AvgIpc) is 2.76. The van der Waals surface area contributed by atoms with Gasteiger partial charge in [-0.25, -0.2) is 0 Å². The Morgan fingerprint density at radius 1 is 1.00 bits per heavy atom. The highest BCUT2D eigenvalue weighted by Crippen LogP contribution is 2.37. The van der Waals surface area contributed by atoms with E-state index >= 15 is 0 Å². The normalized spacial score (nSPS) is 14.1. The van der Waals surface area contributed by atoms with E-state index in [2.05, 4.69) is 42.5 Å². The first kappa shape index (κ1) is 11.5. The lowest BCUT2D eigenvalue weighted by Gasteiger charge is -2.12. The Labute approximate surface area is 108 Å². The zero-order valence-corrected chi connectivity index (χ0v) is 10.4. The summed E-state index contributed by atoms with van der Waals surface area (Å²) in [6, 6.07) is 15.2. The molecule has 0 heterocycles. The highest BCUT2D eigenvalue weighted by atomic mass is 14.7. The summed E-state index contributed by atoms with van der Waals surface area (Å²) in [5, 5.41) is 0. The first-order valence-electron chi connectivity index (χ1n) is 6.46. The Hall–Kier alpha value is -1.64. The van der Waals surface area contributed by atoms with Crippen molar-refractivity contribution in [1.82, 2.24) is 0 Å². The number of hydrogen-bond acceptors (Lipinski definition) is 2. The zero-order valence-electron chi connectivity index (χ0n) is 10.4. The van der Waals surface area contributed by atoms with Crippen LogP contribution in [0.5, 0.6) is 0 Å². The molecule has 0 spiro atoms. The second-order valence-electron chi connectivity index (χ2n) is 4.93. The predicted octanol–water partition coefficient (Wildman–Crippen LogP) is 2.61. The van der Waals surface area contributed by atoms with Gasteiger partial charge >= 0.3 is 0 Å². The molecule has 2 aromatic rings. The second kappa shape index (κ2) is 4.56. The summed E-state index contributed by atoms with van der Waals surface area (Å²) >= 11 is 0. The first-order valence-corrected chi connectivity index (χ1v) is 6.46. The molecule has 0 aromatic heterocycles. The molecule has 4 N–H and O–H groups in total. The fourth-order valence-electron chi connectivity index (χ4n) is 2.74. The maximum atomic E-state index is 6.12. The van der Waals surface area contributed by atoms with Crippen LogP contribution in [0.2, 0.25) is 0 Å². The van der Waals surface area contributed by atoms with Crippen molar-refractivity contribution in [3.8, 4) is 11.1 Å². The summed E-state index contributed by atoms with van der Waals surface area (Å²) in [6.07, 6.45) is 1.86. The lowest BCUT2D eigenvalue weighted by Crippen LogP contribution is -2.15. The van der Waals surface area contributed by atoms with Crippen molar-refractivity contribution in [3.05, 3.63) is 59.2 Å². The molecule has 2 nitrogen and oxygen atoms in total. The Balaban J connectivity index is 1.98. The van der Waals surface area contributed by atoms with E-state index in [1.54, 1.807) is 0 Å². The highest BCUT2D eigenvalue weighted by molar-refractivity contribution is 5.76. The van der Waals surface area contributed by atoms with Crippen molar-refractivity contribution in [2.24, 2.45) is 11.5 Å². The average molecular weight is 238 g/mol. The standard InChI is InChI=1S/C16H18N2/c17-8-7-16(18)12-5-6-15-13(10-12)9-11-3-1-2-4-14(11)15/h1-6,10,16H,7-9,17-18H2/t16-/m0/s1. The minimum Gasteiger partial charge on any atom is -0.330 e. The van der Waals surface area contributed by atoms with Crippen LogP contribution in [0.3, 0.4) is 0 Å². The topological polar surface area (TPSA) is 52.0 Å². The maximum Gasteiger partial charge on any atom is 0.0307 e. The molecule has 0 amide bonds. The van der Waals surface area contributed by atoms with Crippen molar-refractivity contribution in [2.75, 3.05) is 6.54 Å². The smallest absolute Gasteiger partial charge is 0.0307 e. The fourth-order valence-corrected chi connectivity index (χ4v) is 2.74. The Bertz CT molecular complexity index is 575. The number of fused-ring (bicyclic) bond motifs is 3. The number of hydrogen-bond donors (Lipinski definition) is 2. The molecule has 0 saturated heterocycles. The van der Waals surface area contributed by atoms with Gasteiger partial charge in [0.2, 0.25) is 0 Å². The fraction of sp³-hybridized carbons (Fsp3) is 0.250. The van der Waals surface area contributed by atoms with Gasteiger partial charge in [0.25, 0.3) is 0 Å². The van der Waals surface area contributed by atoms with E-state index in [0.717, 1.165) is 12.8 Å². The molecule has 1 atom stereocenters. The number of benzene rings is 2. The van der Waals surface area contributed by atoms with Gasteiger partial charge in [0.15, 0.2) is 0 Å². The summed E-state index contributed by atoms with van der Waals surface area (Å²) in [5.74, 6) is 0. The lowest BCUT2D eigenvalue weighted by atomic mass is 9.98. The third-order valence-electron chi connectivity index (χ3n) is 3.72. The van der Waals surface area contributed by atoms with E-state index in [-0.39, 0.29) is 6.04 Å². The summed E-state index contributed by atoms with van der Waals surface area (Å²) in [5.41, 5.74) is 18.4. The maximum absolute atomic E-state index is 6.12. The molecule has 92 valence electrons. The molecule has 18 heavy (non-hydrogen) atoms. The van der Waals surface area contributed by atoms with Crippen molar-refractivity contribution < 1.29 is 0 Å². The summed E-state index contributed by atoms with van der Waals surface area (Å²) < 4.78 is 0. The quantitative estimate of drug-likeness (QED) is 0.737. The monoisotopic (exact) mass is 238 g/mol. The van der Waals surface area contributed by atoms with Crippen LogP contribution in [0, 0.1) is 0 Å². The molecule has 2 heteroatoms. The van der Waals surface area contributed by atoms with E-state index in [4.69, 9.17) is 11.5 Å². The van der Waals surface area contributed by atoms with E-state index in [1.807, 2.05) is 0 Å². The minimum absolute atomic E-state index is 0.0593. The molecule has 0 unspecified atom stereocenters. The lowest BCUT2D eigenvalue weighted by molar-refractivity contribution is 0.661. The third-order valence-corrected chi connectivity index (χ3v) is 3.72. The molecular weight excluding hydrogens is 220 g/mol. The van der Waals surface area contributed by atoms with Crippen LogP contribution < -0.4 is 11.5 Å². The summed E-state index contributed by atoms with van der Waals surface area (Å²) in [4.78, 5) is 0. The van der Waals surface area contributed by atoms with E-state index in [0.29, 0.717) is 6.54 Å². The number of nitrogens with two attached hydrogens (primary N) is 2. The van der Waals surface area contributed by atoms with Crippen molar-refractivity contribution in [3.63, 3.8) is 0 Å². The van der Waals surface area contributed by atoms with Gasteiger partial charge in [-0.3, -0.25) is 0 Å². The van der Waals surface area contributed by atoms with Gasteiger partial charge in [-0.1, -0.05) is 42.5 Å². The largest absolute Gasteiger partial charge is 0.330 e. The molecule has 2 aromatic carbocycles. The third kappa shape index (κ3) is 1.84. The van der Waals surface area contributed by atoms with Gasteiger partial charge in [-0.2, -0.15) is 0 Å². The minimum atomic E-state index is 0.0593. The molecule has 1 aliphatic rings. The van der Waals surface area contributed by atoms with Crippen molar-refractivity contribution >= 4 is 0 Å². The summed E-state index contributed by atoms with van der Waals surface area (Å²) in [7, 11) is 0. The first-order chi connectivity index (χ1) is 8.79.